The first-order valence-corrected chi connectivity index (χ1v) is 10.9. The summed E-state index contributed by atoms with van der Waals surface area (Å²) in [4.78, 5) is 11.8. The molecule has 0 heterocycles. The van der Waals surface area contributed by atoms with Gasteiger partial charge in [-0.15, -0.1) is 0 Å². The van der Waals surface area contributed by atoms with E-state index in [9.17, 15) is 9.90 Å². The van der Waals surface area contributed by atoms with Crippen molar-refractivity contribution in [2.24, 2.45) is 0 Å². The molecule has 0 atom stereocenters. The molecule has 0 fully saturated rings. The van der Waals surface area contributed by atoms with Gasteiger partial charge < -0.3 is 9.90 Å². The van der Waals surface area contributed by atoms with Crippen molar-refractivity contribution < 1.29 is 15.2 Å². The highest BCUT2D eigenvalue weighted by molar-refractivity contribution is 5.91. The lowest BCUT2D eigenvalue weighted by molar-refractivity contribution is -0.479. The van der Waals surface area contributed by atoms with Crippen molar-refractivity contribution in [3.8, 4) is 0 Å². The van der Waals surface area contributed by atoms with Crippen LogP contribution in [0.2, 0.25) is 0 Å². The Bertz CT molecular complexity index is 725. The number of carboxylic acids is 1. The number of aromatic carboxylic acids is 1. The van der Waals surface area contributed by atoms with Gasteiger partial charge in [0.05, 0.1) is 11.5 Å². The number of aryl methyl sites for hydroxylation is 1. The summed E-state index contributed by atoms with van der Waals surface area (Å²) >= 11 is 0. The third-order valence-corrected chi connectivity index (χ3v) is 5.36. The van der Waals surface area contributed by atoms with E-state index in [0.29, 0.717) is 5.56 Å². The molecule has 2 rings (SSSR count). The van der Waals surface area contributed by atoms with E-state index in [-0.39, 0.29) is 0 Å². The molecule has 0 saturated carbocycles. The zero-order valence-corrected chi connectivity index (χ0v) is 17.5. The zero-order valence-electron chi connectivity index (χ0n) is 17.5. The highest BCUT2D eigenvalue weighted by Gasteiger charge is 2.18. The van der Waals surface area contributed by atoms with Gasteiger partial charge in [0.1, 0.15) is 11.4 Å². The molecule has 152 valence electrons. The number of carbonyl (C=O) groups excluding carboxylic acids is 1. The van der Waals surface area contributed by atoms with Gasteiger partial charge in [-0.3, -0.25) is 5.32 Å². The maximum Gasteiger partial charge on any atom is 0.147 e. The Morgan fingerprint density at radius 2 is 1.46 bits per heavy atom. The zero-order chi connectivity index (χ0) is 20.2. The highest BCUT2D eigenvalue weighted by atomic mass is 16.4. The quantitative estimate of drug-likeness (QED) is 0.399. The molecule has 0 aromatic heterocycles. The standard InChI is InChI=1S/C25H35NO2/c1-3-5-7-10-14-20-18-19-23(25(27)28)24(22(20)17-13-8-6-4-2)26-21-15-11-9-12-16-21/h9,11-12,15-16,18-19,26H,3-8,10,13-14,17H2,1-2H3,(H,27,28). The van der Waals surface area contributed by atoms with Gasteiger partial charge in [0, 0.05) is 5.56 Å². The van der Waals surface area contributed by atoms with E-state index in [0.717, 1.165) is 37.1 Å². The van der Waals surface area contributed by atoms with E-state index in [4.69, 9.17) is 0 Å². The van der Waals surface area contributed by atoms with Crippen LogP contribution in [0.5, 0.6) is 0 Å². The minimum absolute atomic E-state index is 0.312. The Hall–Kier alpha value is -2.13. The van der Waals surface area contributed by atoms with Crippen LogP contribution in [0.15, 0.2) is 42.5 Å². The molecule has 0 saturated heterocycles. The summed E-state index contributed by atoms with van der Waals surface area (Å²) in [5, 5.41) is 13.8. The Labute approximate surface area is 170 Å². The van der Waals surface area contributed by atoms with Crippen molar-refractivity contribution in [2.45, 2.75) is 78.1 Å². The van der Waals surface area contributed by atoms with Crippen LogP contribution in [0, 0.1) is 0 Å². The summed E-state index contributed by atoms with van der Waals surface area (Å²) in [5.41, 5.74) is 4.70. The molecule has 28 heavy (non-hydrogen) atoms. The van der Waals surface area contributed by atoms with Crippen LogP contribution in [0.3, 0.4) is 0 Å². The Balaban J connectivity index is 2.34. The normalized spacial score (nSPS) is 10.9. The molecule has 0 amide bonds. The van der Waals surface area contributed by atoms with Crippen LogP contribution in [-0.4, -0.2) is 5.97 Å². The average Bonchev–Trinajstić information content (AvgIpc) is 2.70. The number of unbranched alkanes of at least 4 members (excludes halogenated alkanes) is 6. The topological polar surface area (TPSA) is 56.7 Å². The molecule has 0 radical (unpaired) electrons. The van der Waals surface area contributed by atoms with E-state index >= 15 is 0 Å². The van der Waals surface area contributed by atoms with Gasteiger partial charge in [0.2, 0.25) is 0 Å². The van der Waals surface area contributed by atoms with Gasteiger partial charge >= 0.3 is 0 Å². The van der Waals surface area contributed by atoms with E-state index in [1.807, 2.05) is 41.7 Å². The van der Waals surface area contributed by atoms with Crippen molar-refractivity contribution in [2.75, 3.05) is 0 Å². The van der Waals surface area contributed by atoms with Gasteiger partial charge in [-0.25, -0.2) is 0 Å². The lowest BCUT2D eigenvalue weighted by atomic mass is 9.92. The summed E-state index contributed by atoms with van der Waals surface area (Å²) in [7, 11) is 0. The summed E-state index contributed by atoms with van der Waals surface area (Å²) in [6.45, 7) is 4.44. The van der Waals surface area contributed by atoms with Crippen LogP contribution in [0.25, 0.3) is 0 Å². The fourth-order valence-electron chi connectivity index (χ4n) is 3.77. The molecule has 3 heteroatoms. The molecule has 0 unspecified atom stereocenters. The fraction of sp³-hybridized carbons (Fsp3) is 0.480. The van der Waals surface area contributed by atoms with Crippen molar-refractivity contribution in [1.29, 1.82) is 0 Å². The van der Waals surface area contributed by atoms with Gasteiger partial charge in [-0.2, -0.15) is 0 Å². The maximum atomic E-state index is 11.8. The molecular weight excluding hydrogens is 346 g/mol. The number of rotatable bonds is 13. The Morgan fingerprint density at radius 3 is 2.07 bits per heavy atom. The number of carboxylic acid groups (broad SMARTS) is 1. The third kappa shape index (κ3) is 6.79. The van der Waals surface area contributed by atoms with Crippen LogP contribution in [0.4, 0.5) is 11.4 Å². The molecule has 0 spiro atoms. The molecule has 2 aromatic carbocycles. The van der Waals surface area contributed by atoms with E-state index in [1.165, 1.54) is 49.7 Å². The second-order valence-corrected chi connectivity index (χ2v) is 7.63. The van der Waals surface area contributed by atoms with E-state index < -0.39 is 5.97 Å². The summed E-state index contributed by atoms with van der Waals surface area (Å²) < 4.78 is 0. The molecule has 2 N–H and O–H groups in total. The number of carbonyl (C=O) groups is 1. The summed E-state index contributed by atoms with van der Waals surface area (Å²) in [6.07, 6.45) is 11.5. The first-order chi connectivity index (χ1) is 13.7. The maximum absolute atomic E-state index is 11.8. The lowest BCUT2D eigenvalue weighted by Crippen LogP contribution is -2.72. The van der Waals surface area contributed by atoms with Crippen LogP contribution in [-0.2, 0) is 12.8 Å². The second-order valence-electron chi connectivity index (χ2n) is 7.63. The first kappa shape index (κ1) is 22.2. The third-order valence-electron chi connectivity index (χ3n) is 5.36. The van der Waals surface area contributed by atoms with Crippen molar-refractivity contribution in [3.05, 3.63) is 59.2 Å². The Kier molecular flexibility index (Phi) is 9.78. The largest absolute Gasteiger partial charge is 0.545 e. The number of benzene rings is 2. The van der Waals surface area contributed by atoms with Crippen molar-refractivity contribution >= 4 is 17.3 Å². The molecule has 0 aliphatic carbocycles. The molecule has 0 aliphatic rings. The minimum Gasteiger partial charge on any atom is -0.545 e. The number of hydrogen-bond donors (Lipinski definition) is 1. The van der Waals surface area contributed by atoms with Gasteiger partial charge in [-0.1, -0.05) is 76.6 Å². The van der Waals surface area contributed by atoms with Crippen molar-refractivity contribution in [3.63, 3.8) is 0 Å². The van der Waals surface area contributed by atoms with Crippen LogP contribution in [0.1, 0.15) is 86.7 Å². The average molecular weight is 382 g/mol. The van der Waals surface area contributed by atoms with E-state index in [2.05, 4.69) is 13.8 Å². The Morgan fingerprint density at radius 1 is 0.821 bits per heavy atom. The summed E-state index contributed by atoms with van der Waals surface area (Å²) in [6, 6.07) is 13.8. The predicted molar refractivity (Wildman–Crippen MR) is 114 cm³/mol. The molecule has 2 aromatic rings. The van der Waals surface area contributed by atoms with Gasteiger partial charge in [0.15, 0.2) is 0 Å². The second kappa shape index (κ2) is 12.4. The number of para-hydroxylation sites is 1. The van der Waals surface area contributed by atoms with Crippen LogP contribution < -0.4 is 10.4 Å². The first-order valence-electron chi connectivity index (χ1n) is 10.9. The summed E-state index contributed by atoms with van der Waals surface area (Å²) in [5.74, 6) is -1.09. The molecule has 0 aliphatic heterocycles. The highest BCUT2D eigenvalue weighted by Crippen LogP contribution is 2.26. The van der Waals surface area contributed by atoms with E-state index in [1.54, 1.807) is 6.07 Å². The van der Waals surface area contributed by atoms with Gasteiger partial charge in [-0.05, 0) is 49.4 Å². The molecule has 3 nitrogen and oxygen atoms in total. The fourth-order valence-corrected chi connectivity index (χ4v) is 3.77. The lowest BCUT2D eigenvalue weighted by Gasteiger charge is -2.17. The predicted octanol–water partition coefficient (Wildman–Crippen LogP) is 4.82. The number of quaternary nitrogens is 1. The SMILES string of the molecule is CCCCCCc1ccc(C(=O)[O-])c([NH2+]c2ccccc2)c1CCCCCC. The number of hydrogen-bond acceptors (Lipinski definition) is 2. The van der Waals surface area contributed by atoms with Gasteiger partial charge in [0.25, 0.3) is 0 Å². The molecule has 0 bridgehead atoms. The monoisotopic (exact) mass is 381 g/mol. The van der Waals surface area contributed by atoms with Crippen molar-refractivity contribution in [1.82, 2.24) is 0 Å². The van der Waals surface area contributed by atoms with Crippen LogP contribution >= 0.6 is 0 Å². The minimum atomic E-state index is -1.09. The smallest absolute Gasteiger partial charge is 0.147 e. The number of nitrogens with two attached hydrogens (primary N) is 1. The molecular formula is C25H35NO2.